The molecule has 5 heteroatoms. The van der Waals surface area contributed by atoms with Gasteiger partial charge in [0.1, 0.15) is 16.2 Å². The van der Waals surface area contributed by atoms with Crippen molar-refractivity contribution in [3.63, 3.8) is 0 Å². The highest BCUT2D eigenvalue weighted by Gasteiger charge is 2.16. The minimum absolute atomic E-state index is 0.233. The van der Waals surface area contributed by atoms with Crippen molar-refractivity contribution in [3.8, 4) is 0 Å². The van der Waals surface area contributed by atoms with Gasteiger partial charge in [0.05, 0.1) is 7.05 Å². The largest absolute Gasteiger partial charge is 0.503 e. The van der Waals surface area contributed by atoms with Crippen molar-refractivity contribution in [1.82, 2.24) is 4.40 Å². The molecule has 1 N–H and O–H groups in total. The molecular weight excluding hydrogens is 276 g/mol. The van der Waals surface area contributed by atoms with Crippen LogP contribution in [0.5, 0.6) is 0 Å². The highest BCUT2D eigenvalue weighted by atomic mass is 32.1. The average molecular weight is 289 g/mol. The van der Waals surface area contributed by atoms with Gasteiger partial charge in [-0.15, -0.1) is 0 Å². The van der Waals surface area contributed by atoms with Crippen molar-refractivity contribution < 1.29 is 9.67 Å². The molecule has 0 aliphatic rings. The number of benzene rings is 1. The van der Waals surface area contributed by atoms with E-state index in [0.29, 0.717) is 9.17 Å². The number of rotatable bonds is 1. The Morgan fingerprint density at radius 3 is 2.95 bits per heavy atom. The van der Waals surface area contributed by atoms with E-state index >= 15 is 0 Å². The van der Waals surface area contributed by atoms with E-state index in [0.717, 1.165) is 16.1 Å². The summed E-state index contributed by atoms with van der Waals surface area (Å²) in [6, 6.07) is 7.79. The van der Waals surface area contributed by atoms with Gasteiger partial charge in [0, 0.05) is 5.56 Å². The lowest BCUT2D eigenvalue weighted by Crippen LogP contribution is -2.25. The van der Waals surface area contributed by atoms with Crippen LogP contribution in [0.3, 0.4) is 0 Å². The maximum absolute atomic E-state index is 10.5. The first-order valence-corrected chi connectivity index (χ1v) is 7.10. The summed E-state index contributed by atoms with van der Waals surface area (Å²) in [6.45, 7) is 2.00. The van der Waals surface area contributed by atoms with Crippen molar-refractivity contribution >= 4 is 34.3 Å². The Kier molecular flexibility index (Phi) is 2.88. The molecule has 0 fully saturated rings. The second kappa shape index (κ2) is 4.43. The molecule has 0 aliphatic carbocycles. The third-order valence-electron chi connectivity index (χ3n) is 3.08. The van der Waals surface area contributed by atoms with Crippen molar-refractivity contribution in [2.24, 2.45) is 7.05 Å². The number of aromatic nitrogens is 2. The second-order valence-electron chi connectivity index (χ2n) is 4.52. The fraction of sp³-hybridized carbons (Fsp3) is 0.143. The van der Waals surface area contributed by atoms with Gasteiger partial charge in [-0.1, -0.05) is 36.0 Å². The molecule has 2 heterocycles. The van der Waals surface area contributed by atoms with Gasteiger partial charge in [0.25, 0.3) is 0 Å². The molecule has 0 saturated carbocycles. The van der Waals surface area contributed by atoms with E-state index in [1.165, 1.54) is 11.3 Å². The fourth-order valence-electron chi connectivity index (χ4n) is 2.12. The van der Waals surface area contributed by atoms with Crippen LogP contribution in [-0.4, -0.2) is 9.51 Å². The Morgan fingerprint density at radius 2 is 2.21 bits per heavy atom. The Hall–Kier alpha value is -1.72. The molecule has 0 spiro atoms. The highest BCUT2D eigenvalue weighted by molar-refractivity contribution is 7.73. The van der Waals surface area contributed by atoms with E-state index in [1.54, 1.807) is 0 Å². The molecule has 0 radical (unpaired) electrons. The normalized spacial score (nSPS) is 12.9. The van der Waals surface area contributed by atoms with Crippen molar-refractivity contribution in [3.05, 3.63) is 57.0 Å². The average Bonchev–Trinajstić information content (AvgIpc) is 2.88. The zero-order valence-corrected chi connectivity index (χ0v) is 12.3. The minimum Gasteiger partial charge on any atom is -0.503 e. The number of thiazole rings is 1. The van der Waals surface area contributed by atoms with Crippen LogP contribution in [0.2, 0.25) is 0 Å². The summed E-state index contributed by atoms with van der Waals surface area (Å²) in [7, 11) is 1.97. The summed E-state index contributed by atoms with van der Waals surface area (Å²) in [5, 5.41) is 11.2. The molecule has 3 aromatic rings. The molecular formula is C14H13N2OS2+. The van der Waals surface area contributed by atoms with E-state index in [4.69, 9.17) is 12.2 Å². The number of nitrogens with zero attached hydrogens (tertiary/aromatic N) is 2. The van der Waals surface area contributed by atoms with Crippen LogP contribution >= 0.6 is 23.6 Å². The lowest BCUT2D eigenvalue weighted by atomic mass is 10.1. The maximum atomic E-state index is 10.5. The summed E-state index contributed by atoms with van der Waals surface area (Å²) in [5.41, 5.74) is 1.90. The molecule has 3 rings (SSSR count). The molecule has 0 atom stereocenters. The molecule has 1 aromatic carbocycles. The van der Waals surface area contributed by atoms with Crippen LogP contribution in [0.25, 0.3) is 10.7 Å². The van der Waals surface area contributed by atoms with Gasteiger partial charge in [0.2, 0.25) is 5.35 Å². The van der Waals surface area contributed by atoms with E-state index in [1.807, 2.05) is 59.6 Å². The Labute approximate surface area is 119 Å². The van der Waals surface area contributed by atoms with Gasteiger partial charge in [-0.05, 0) is 24.3 Å². The van der Waals surface area contributed by atoms with E-state index < -0.39 is 0 Å². The quantitative estimate of drug-likeness (QED) is 0.550. The number of imidazole rings is 1. The first-order chi connectivity index (χ1) is 9.08. The van der Waals surface area contributed by atoms with Crippen molar-refractivity contribution in [2.75, 3.05) is 0 Å². The second-order valence-corrected chi connectivity index (χ2v) is 6.16. The molecule has 0 saturated heterocycles. The summed E-state index contributed by atoms with van der Waals surface area (Å²) in [5.74, 6) is 0.233. The lowest BCUT2D eigenvalue weighted by Gasteiger charge is -1.99. The fourth-order valence-corrected chi connectivity index (χ4v) is 3.46. The smallest absolute Gasteiger partial charge is 0.347 e. The minimum atomic E-state index is 0.233. The number of fused-ring (bicyclic) bond motifs is 1. The standard InChI is InChI=1S/C14H12N2OS2/c1-9-4-3-5-10(8-9)12(17)11-13(18)19-14-15(2)6-7-16(11)14/h3-8H,1-2H3/p+1. The van der Waals surface area contributed by atoms with Crippen LogP contribution < -0.4 is 9.92 Å². The van der Waals surface area contributed by atoms with Gasteiger partial charge in [-0.25, -0.2) is 4.57 Å². The van der Waals surface area contributed by atoms with E-state index in [-0.39, 0.29) is 5.76 Å². The predicted molar refractivity (Wildman–Crippen MR) is 78.8 cm³/mol. The molecule has 2 aromatic heterocycles. The first-order valence-electron chi connectivity index (χ1n) is 5.88. The molecule has 19 heavy (non-hydrogen) atoms. The molecule has 0 unspecified atom stereocenters. The van der Waals surface area contributed by atoms with Gasteiger partial charge in [0.15, 0.2) is 5.76 Å². The number of aryl methyl sites for hydroxylation is 2. The number of aliphatic hydroxyl groups excluding tert-OH is 1. The van der Waals surface area contributed by atoms with Crippen LogP contribution in [0.1, 0.15) is 11.1 Å². The van der Waals surface area contributed by atoms with E-state index in [2.05, 4.69) is 0 Å². The van der Waals surface area contributed by atoms with Crippen molar-refractivity contribution in [1.29, 1.82) is 0 Å². The van der Waals surface area contributed by atoms with Gasteiger partial charge in [-0.2, -0.15) is 4.40 Å². The number of hydrogen-bond acceptors (Lipinski definition) is 3. The zero-order chi connectivity index (χ0) is 13.6. The molecule has 0 bridgehead atoms. The summed E-state index contributed by atoms with van der Waals surface area (Å²) in [6.07, 6.45) is 3.87. The van der Waals surface area contributed by atoms with Crippen molar-refractivity contribution in [2.45, 2.75) is 6.92 Å². The van der Waals surface area contributed by atoms with Gasteiger partial charge in [-0.3, -0.25) is 0 Å². The first kappa shape index (κ1) is 12.3. The number of hydrogen-bond donors (Lipinski definition) is 1. The van der Waals surface area contributed by atoms with Crippen LogP contribution in [0.4, 0.5) is 0 Å². The Balaban J connectivity index is 2.42. The Morgan fingerprint density at radius 1 is 1.42 bits per heavy atom. The highest BCUT2D eigenvalue weighted by Crippen LogP contribution is 2.13. The van der Waals surface area contributed by atoms with Gasteiger partial charge < -0.3 is 5.11 Å². The SMILES string of the molecule is Cc1cccc(/C(O)=c2\c(=S)sc3n2cc[n+]3C)c1. The molecule has 96 valence electrons. The lowest BCUT2D eigenvalue weighted by molar-refractivity contribution is -0.642. The monoisotopic (exact) mass is 289 g/mol. The number of aliphatic hydroxyl groups is 1. The third-order valence-corrected chi connectivity index (χ3v) is 4.57. The maximum Gasteiger partial charge on any atom is 0.347 e. The summed E-state index contributed by atoms with van der Waals surface area (Å²) in [4.78, 5) is 1.01. The molecule has 3 nitrogen and oxygen atoms in total. The summed E-state index contributed by atoms with van der Waals surface area (Å²) < 4.78 is 4.63. The van der Waals surface area contributed by atoms with Crippen LogP contribution in [0, 0.1) is 10.7 Å². The molecule has 0 aliphatic heterocycles. The summed E-state index contributed by atoms with van der Waals surface area (Å²) >= 11 is 6.88. The Bertz CT molecular complexity index is 877. The molecule has 0 amide bonds. The van der Waals surface area contributed by atoms with E-state index in [9.17, 15) is 5.11 Å². The topological polar surface area (TPSA) is 28.5 Å². The zero-order valence-electron chi connectivity index (χ0n) is 10.6. The van der Waals surface area contributed by atoms with Crippen LogP contribution in [-0.2, 0) is 7.05 Å². The third kappa shape index (κ3) is 1.95. The van der Waals surface area contributed by atoms with Gasteiger partial charge >= 0.3 is 4.96 Å². The van der Waals surface area contributed by atoms with Crippen LogP contribution in [0.15, 0.2) is 36.7 Å². The predicted octanol–water partition coefficient (Wildman–Crippen LogP) is 2.30.